The fraction of sp³-hybridized carbons (Fsp3) is 0.235. The fourth-order valence-electron chi connectivity index (χ4n) is 2.41. The number of aromatic nitrogens is 2. The Hall–Kier alpha value is -2.67. The molecule has 0 radical (unpaired) electrons. The van der Waals surface area contributed by atoms with Crippen molar-refractivity contribution in [1.29, 1.82) is 0 Å². The molecule has 7 heteroatoms. The maximum Gasteiger partial charge on any atom is 0.320 e. The van der Waals surface area contributed by atoms with E-state index in [0.29, 0.717) is 23.6 Å². The van der Waals surface area contributed by atoms with Crippen molar-refractivity contribution in [1.82, 2.24) is 15.5 Å². The zero-order chi connectivity index (χ0) is 16.9. The SMILES string of the molecule is CCc1onc(C)c1NC(=O)N[C@@H](c1ccccc1)c1nccs1. The van der Waals surface area contributed by atoms with E-state index in [4.69, 9.17) is 4.52 Å². The minimum atomic E-state index is -0.319. The molecule has 0 aliphatic carbocycles. The average Bonchev–Trinajstić information content (AvgIpc) is 3.24. The number of carbonyl (C=O) groups is 1. The largest absolute Gasteiger partial charge is 0.359 e. The van der Waals surface area contributed by atoms with Crippen molar-refractivity contribution >= 4 is 23.1 Å². The molecule has 0 bridgehead atoms. The molecule has 24 heavy (non-hydrogen) atoms. The van der Waals surface area contributed by atoms with Gasteiger partial charge in [0.2, 0.25) is 0 Å². The Balaban J connectivity index is 1.80. The van der Waals surface area contributed by atoms with Crippen LogP contribution in [-0.2, 0) is 6.42 Å². The van der Waals surface area contributed by atoms with Crippen LogP contribution in [0.1, 0.15) is 35.0 Å². The monoisotopic (exact) mass is 342 g/mol. The van der Waals surface area contributed by atoms with Crippen LogP contribution in [0.5, 0.6) is 0 Å². The van der Waals surface area contributed by atoms with E-state index >= 15 is 0 Å². The molecule has 1 aromatic carbocycles. The summed E-state index contributed by atoms with van der Waals surface area (Å²) in [6.07, 6.45) is 2.39. The van der Waals surface area contributed by atoms with Crippen LogP contribution in [0.25, 0.3) is 0 Å². The van der Waals surface area contributed by atoms with Crippen LogP contribution in [-0.4, -0.2) is 16.2 Å². The molecule has 0 aliphatic heterocycles. The molecule has 6 nitrogen and oxygen atoms in total. The van der Waals surface area contributed by atoms with Gasteiger partial charge < -0.3 is 15.2 Å². The number of aryl methyl sites for hydroxylation is 2. The van der Waals surface area contributed by atoms with E-state index in [-0.39, 0.29) is 12.1 Å². The summed E-state index contributed by atoms with van der Waals surface area (Å²) in [6, 6.07) is 9.12. The summed E-state index contributed by atoms with van der Waals surface area (Å²) in [5.41, 5.74) is 2.26. The smallest absolute Gasteiger partial charge is 0.320 e. The average molecular weight is 342 g/mol. The summed E-state index contributed by atoms with van der Waals surface area (Å²) >= 11 is 1.50. The third kappa shape index (κ3) is 3.46. The summed E-state index contributed by atoms with van der Waals surface area (Å²) < 4.78 is 5.20. The second kappa shape index (κ2) is 7.27. The number of benzene rings is 1. The van der Waals surface area contributed by atoms with Gasteiger partial charge in [-0.15, -0.1) is 11.3 Å². The molecule has 1 atom stereocenters. The third-order valence-electron chi connectivity index (χ3n) is 3.60. The molecule has 2 N–H and O–H groups in total. The Kier molecular flexibility index (Phi) is 4.90. The van der Waals surface area contributed by atoms with Crippen LogP contribution < -0.4 is 10.6 Å². The Labute approximate surface area is 143 Å². The molecule has 3 rings (SSSR count). The highest BCUT2D eigenvalue weighted by Crippen LogP contribution is 2.25. The van der Waals surface area contributed by atoms with Gasteiger partial charge in [-0.25, -0.2) is 9.78 Å². The predicted octanol–water partition coefficient (Wildman–Crippen LogP) is 3.91. The molecule has 0 aliphatic rings. The van der Waals surface area contributed by atoms with Gasteiger partial charge in [0.1, 0.15) is 22.4 Å². The van der Waals surface area contributed by atoms with Crippen LogP contribution in [0, 0.1) is 6.92 Å². The Morgan fingerprint density at radius 1 is 1.33 bits per heavy atom. The van der Waals surface area contributed by atoms with E-state index in [1.54, 1.807) is 13.1 Å². The minimum absolute atomic E-state index is 0.309. The molecule has 0 saturated carbocycles. The number of urea groups is 1. The Morgan fingerprint density at radius 3 is 2.79 bits per heavy atom. The molecular weight excluding hydrogens is 324 g/mol. The molecule has 0 fully saturated rings. The van der Waals surface area contributed by atoms with Gasteiger partial charge >= 0.3 is 6.03 Å². The maximum atomic E-state index is 12.5. The Morgan fingerprint density at radius 2 is 2.12 bits per heavy atom. The van der Waals surface area contributed by atoms with Crippen molar-refractivity contribution in [3.63, 3.8) is 0 Å². The van der Waals surface area contributed by atoms with Gasteiger partial charge in [-0.1, -0.05) is 42.4 Å². The van der Waals surface area contributed by atoms with Gasteiger partial charge in [0, 0.05) is 18.0 Å². The highest BCUT2D eigenvalue weighted by atomic mass is 32.1. The number of rotatable bonds is 5. The van der Waals surface area contributed by atoms with Gasteiger partial charge in [0.25, 0.3) is 0 Å². The first-order chi connectivity index (χ1) is 11.7. The van der Waals surface area contributed by atoms with Crippen LogP contribution >= 0.6 is 11.3 Å². The molecule has 2 heterocycles. The number of carbonyl (C=O) groups excluding carboxylic acids is 1. The van der Waals surface area contributed by atoms with E-state index in [1.165, 1.54) is 11.3 Å². The van der Waals surface area contributed by atoms with Crippen molar-refractivity contribution in [2.75, 3.05) is 5.32 Å². The molecule has 0 saturated heterocycles. The molecule has 0 spiro atoms. The number of nitrogens with zero attached hydrogens (tertiary/aromatic N) is 2. The molecule has 0 unspecified atom stereocenters. The topological polar surface area (TPSA) is 80.0 Å². The lowest BCUT2D eigenvalue weighted by molar-refractivity contribution is 0.250. The number of nitrogens with one attached hydrogen (secondary N) is 2. The van der Waals surface area contributed by atoms with Crippen LogP contribution in [0.2, 0.25) is 0 Å². The molecule has 2 amide bonds. The van der Waals surface area contributed by atoms with Gasteiger partial charge in [0.05, 0.1) is 0 Å². The van der Waals surface area contributed by atoms with Crippen LogP contribution in [0.15, 0.2) is 46.4 Å². The van der Waals surface area contributed by atoms with Crippen molar-refractivity contribution in [2.24, 2.45) is 0 Å². The lowest BCUT2D eigenvalue weighted by atomic mass is 10.1. The maximum absolute atomic E-state index is 12.5. The number of anilines is 1. The van der Waals surface area contributed by atoms with Gasteiger partial charge in [-0.2, -0.15) is 0 Å². The first kappa shape index (κ1) is 16.2. The van der Waals surface area contributed by atoms with Crippen molar-refractivity contribution in [3.05, 3.63) is 63.9 Å². The number of amides is 2. The summed E-state index contributed by atoms with van der Waals surface area (Å²) in [4.78, 5) is 16.8. The van der Waals surface area contributed by atoms with Gasteiger partial charge in [-0.3, -0.25) is 0 Å². The van der Waals surface area contributed by atoms with E-state index in [0.717, 1.165) is 10.6 Å². The van der Waals surface area contributed by atoms with Gasteiger partial charge in [0.15, 0.2) is 5.76 Å². The summed E-state index contributed by atoms with van der Waals surface area (Å²) in [7, 11) is 0. The van der Waals surface area contributed by atoms with Crippen molar-refractivity contribution in [2.45, 2.75) is 26.3 Å². The number of thiazole rings is 1. The summed E-state index contributed by atoms with van der Waals surface area (Å²) in [5, 5.41) is 12.4. The van der Waals surface area contributed by atoms with Crippen LogP contribution in [0.4, 0.5) is 10.5 Å². The third-order valence-corrected chi connectivity index (χ3v) is 4.44. The molecule has 3 aromatic rings. The second-order valence-corrected chi connectivity index (χ2v) is 6.16. The minimum Gasteiger partial charge on any atom is -0.359 e. The summed E-state index contributed by atoms with van der Waals surface area (Å²) in [5.74, 6) is 0.660. The lowest BCUT2D eigenvalue weighted by Gasteiger charge is -2.17. The van der Waals surface area contributed by atoms with Crippen molar-refractivity contribution in [3.8, 4) is 0 Å². The number of hydrogen-bond acceptors (Lipinski definition) is 5. The normalized spacial score (nSPS) is 11.9. The molecule has 2 aromatic heterocycles. The zero-order valence-corrected chi connectivity index (χ0v) is 14.3. The predicted molar refractivity (Wildman–Crippen MR) is 93.2 cm³/mol. The lowest BCUT2D eigenvalue weighted by Crippen LogP contribution is -2.33. The van der Waals surface area contributed by atoms with E-state index in [1.807, 2.05) is 42.6 Å². The van der Waals surface area contributed by atoms with Crippen LogP contribution in [0.3, 0.4) is 0 Å². The quantitative estimate of drug-likeness (QED) is 0.736. The number of hydrogen-bond donors (Lipinski definition) is 2. The summed E-state index contributed by atoms with van der Waals surface area (Å²) in [6.45, 7) is 3.75. The first-order valence-electron chi connectivity index (χ1n) is 7.66. The molecular formula is C17H18N4O2S. The second-order valence-electron chi connectivity index (χ2n) is 5.23. The zero-order valence-electron chi connectivity index (χ0n) is 13.4. The van der Waals surface area contributed by atoms with E-state index < -0.39 is 0 Å². The van der Waals surface area contributed by atoms with E-state index in [9.17, 15) is 4.79 Å². The van der Waals surface area contributed by atoms with E-state index in [2.05, 4.69) is 20.8 Å². The standard InChI is InChI=1S/C17H18N4O2S/c1-3-13-14(11(2)21-23-13)19-17(22)20-15(16-18-9-10-24-16)12-7-5-4-6-8-12/h4-10,15H,3H2,1-2H3,(H2,19,20,22)/t15-/m0/s1. The molecule has 124 valence electrons. The fourth-order valence-corrected chi connectivity index (χ4v) is 3.12. The first-order valence-corrected chi connectivity index (χ1v) is 8.54. The Bertz CT molecular complexity index is 799. The van der Waals surface area contributed by atoms with Crippen molar-refractivity contribution < 1.29 is 9.32 Å². The van der Waals surface area contributed by atoms with Gasteiger partial charge in [-0.05, 0) is 12.5 Å². The highest BCUT2D eigenvalue weighted by molar-refractivity contribution is 7.09. The highest BCUT2D eigenvalue weighted by Gasteiger charge is 2.21.